The quantitative estimate of drug-likeness (QED) is 0.457. The van der Waals surface area contributed by atoms with E-state index in [9.17, 15) is 19.7 Å². The number of nitrogens with zero attached hydrogens (tertiary/aromatic N) is 1. The summed E-state index contributed by atoms with van der Waals surface area (Å²) in [6, 6.07) is 16.3. The van der Waals surface area contributed by atoms with E-state index in [2.05, 4.69) is 31.4 Å². The zero-order valence-electron chi connectivity index (χ0n) is 16.8. The van der Waals surface area contributed by atoms with Gasteiger partial charge in [-0.1, -0.05) is 32.9 Å². The first-order chi connectivity index (χ1) is 14.1. The molecule has 1 heterocycles. The number of carbonyl (C=O) groups is 2. The van der Waals surface area contributed by atoms with E-state index in [0.717, 1.165) is 11.6 Å². The van der Waals surface area contributed by atoms with Gasteiger partial charge in [-0.05, 0) is 53.4 Å². The average Bonchev–Trinajstić information content (AvgIpc) is 3.20. The lowest BCUT2D eigenvalue weighted by Gasteiger charge is -2.19. The largest absolute Gasteiger partial charge is 0.433 e. The molecule has 2 aromatic carbocycles. The molecular formula is C22H21N3O5. The molecule has 0 bridgehead atoms. The van der Waals surface area contributed by atoms with Gasteiger partial charge in [-0.15, -0.1) is 0 Å². The van der Waals surface area contributed by atoms with E-state index >= 15 is 0 Å². The monoisotopic (exact) mass is 407 g/mol. The van der Waals surface area contributed by atoms with Gasteiger partial charge in [0.05, 0.1) is 6.07 Å². The summed E-state index contributed by atoms with van der Waals surface area (Å²) < 4.78 is 4.87. The first-order valence-corrected chi connectivity index (χ1v) is 9.21. The number of amides is 2. The zero-order valence-corrected chi connectivity index (χ0v) is 16.8. The second-order valence-corrected chi connectivity index (χ2v) is 7.71. The molecule has 154 valence electrons. The van der Waals surface area contributed by atoms with Crippen LogP contribution < -0.4 is 10.6 Å². The Bertz CT molecular complexity index is 1080. The summed E-state index contributed by atoms with van der Waals surface area (Å²) in [4.78, 5) is 34.4. The standard InChI is InChI=1S/C22H21N3O5/c1-22(2,3)15-6-4-14(5-7-15)20(26)23-16-8-10-17(11-9-16)24-21(27)18-12-13-19(30-18)25(28)29/h4-13H,1-3H3,(H,23,26)(H,24,27). The molecule has 0 aliphatic heterocycles. The molecule has 2 amide bonds. The van der Waals surface area contributed by atoms with Crippen molar-refractivity contribution in [3.8, 4) is 0 Å². The summed E-state index contributed by atoms with van der Waals surface area (Å²) in [6.07, 6.45) is 0. The molecule has 3 aromatic rings. The topological polar surface area (TPSA) is 114 Å². The van der Waals surface area contributed by atoms with Crippen molar-refractivity contribution in [2.75, 3.05) is 10.6 Å². The van der Waals surface area contributed by atoms with Gasteiger partial charge in [-0.25, -0.2) is 0 Å². The number of benzene rings is 2. The Morgan fingerprint density at radius 2 is 1.37 bits per heavy atom. The molecule has 2 N–H and O–H groups in total. The Morgan fingerprint density at radius 1 is 0.833 bits per heavy atom. The molecule has 1 aromatic heterocycles. The fourth-order valence-corrected chi connectivity index (χ4v) is 2.70. The van der Waals surface area contributed by atoms with Gasteiger partial charge in [0.2, 0.25) is 0 Å². The third kappa shape index (κ3) is 4.91. The predicted octanol–water partition coefficient (Wildman–Crippen LogP) is 4.99. The molecule has 0 radical (unpaired) electrons. The van der Waals surface area contributed by atoms with Crippen LogP contribution in [0, 0.1) is 10.1 Å². The molecule has 0 atom stereocenters. The van der Waals surface area contributed by atoms with Crippen LogP contribution in [0.4, 0.5) is 17.3 Å². The number of anilines is 2. The highest BCUT2D eigenvalue weighted by Crippen LogP contribution is 2.23. The summed E-state index contributed by atoms with van der Waals surface area (Å²) in [5.74, 6) is -1.53. The number of nitrogens with one attached hydrogen (secondary N) is 2. The fourth-order valence-electron chi connectivity index (χ4n) is 2.70. The second kappa shape index (κ2) is 8.20. The van der Waals surface area contributed by atoms with E-state index in [4.69, 9.17) is 4.42 Å². The number of hydrogen-bond acceptors (Lipinski definition) is 5. The van der Waals surface area contributed by atoms with E-state index in [1.165, 1.54) is 6.07 Å². The Hall–Kier alpha value is -3.94. The Morgan fingerprint density at radius 3 is 1.83 bits per heavy atom. The third-order valence-electron chi connectivity index (χ3n) is 4.41. The summed E-state index contributed by atoms with van der Waals surface area (Å²) in [7, 11) is 0. The number of nitro groups is 1. The predicted molar refractivity (Wildman–Crippen MR) is 113 cm³/mol. The molecule has 0 spiro atoms. The second-order valence-electron chi connectivity index (χ2n) is 7.71. The molecule has 0 aliphatic rings. The van der Waals surface area contributed by atoms with Crippen LogP contribution in [0.25, 0.3) is 0 Å². The van der Waals surface area contributed by atoms with E-state index < -0.39 is 16.7 Å². The molecule has 8 nitrogen and oxygen atoms in total. The fraction of sp³-hybridized carbons (Fsp3) is 0.182. The smallest absolute Gasteiger partial charge is 0.395 e. The lowest BCUT2D eigenvalue weighted by atomic mass is 9.87. The van der Waals surface area contributed by atoms with Crippen molar-refractivity contribution in [3.05, 3.63) is 87.7 Å². The van der Waals surface area contributed by atoms with E-state index in [1.807, 2.05) is 12.1 Å². The van der Waals surface area contributed by atoms with Gasteiger partial charge in [0, 0.05) is 16.9 Å². The maximum atomic E-state index is 12.4. The summed E-state index contributed by atoms with van der Waals surface area (Å²) in [6.45, 7) is 6.32. The van der Waals surface area contributed by atoms with Crippen molar-refractivity contribution in [3.63, 3.8) is 0 Å². The maximum Gasteiger partial charge on any atom is 0.433 e. The van der Waals surface area contributed by atoms with Crippen LogP contribution in [0.3, 0.4) is 0 Å². The molecule has 8 heteroatoms. The van der Waals surface area contributed by atoms with Gasteiger partial charge in [-0.3, -0.25) is 19.7 Å². The van der Waals surface area contributed by atoms with Crippen molar-refractivity contribution in [2.24, 2.45) is 0 Å². The SMILES string of the molecule is CC(C)(C)c1ccc(C(=O)Nc2ccc(NC(=O)c3ccc([N+](=O)[O-])o3)cc2)cc1. The van der Waals surface area contributed by atoms with Gasteiger partial charge >= 0.3 is 5.88 Å². The van der Waals surface area contributed by atoms with Crippen molar-refractivity contribution in [1.82, 2.24) is 0 Å². The molecule has 0 saturated carbocycles. The highest BCUT2D eigenvalue weighted by molar-refractivity contribution is 6.05. The minimum absolute atomic E-state index is 0.00976. The molecule has 30 heavy (non-hydrogen) atoms. The lowest BCUT2D eigenvalue weighted by molar-refractivity contribution is -0.402. The lowest BCUT2D eigenvalue weighted by Crippen LogP contribution is -2.14. The normalized spacial score (nSPS) is 11.0. The number of hydrogen-bond donors (Lipinski definition) is 2. The van der Waals surface area contributed by atoms with Gasteiger partial charge in [0.25, 0.3) is 11.8 Å². The van der Waals surface area contributed by atoms with Crippen LogP contribution in [0.5, 0.6) is 0 Å². The summed E-state index contributed by atoms with van der Waals surface area (Å²) in [5, 5.41) is 16.0. The van der Waals surface area contributed by atoms with Gasteiger partial charge in [0.15, 0.2) is 5.76 Å². The van der Waals surface area contributed by atoms with Crippen LogP contribution in [-0.4, -0.2) is 16.7 Å². The van der Waals surface area contributed by atoms with Gasteiger partial charge in [-0.2, -0.15) is 0 Å². The summed E-state index contributed by atoms with van der Waals surface area (Å²) in [5.41, 5.74) is 2.70. The Labute approximate surface area is 173 Å². The first-order valence-electron chi connectivity index (χ1n) is 9.21. The van der Waals surface area contributed by atoms with Crippen molar-refractivity contribution >= 4 is 29.1 Å². The van der Waals surface area contributed by atoms with Crippen LogP contribution in [0.2, 0.25) is 0 Å². The molecule has 3 rings (SSSR count). The van der Waals surface area contributed by atoms with Crippen molar-refractivity contribution < 1.29 is 18.9 Å². The zero-order chi connectivity index (χ0) is 21.9. The minimum Gasteiger partial charge on any atom is -0.395 e. The van der Waals surface area contributed by atoms with E-state index in [0.29, 0.717) is 16.9 Å². The van der Waals surface area contributed by atoms with E-state index in [-0.39, 0.29) is 17.1 Å². The summed E-state index contributed by atoms with van der Waals surface area (Å²) >= 11 is 0. The number of carbonyl (C=O) groups excluding carboxylic acids is 2. The molecule has 0 fully saturated rings. The Balaban J connectivity index is 1.61. The van der Waals surface area contributed by atoms with Gasteiger partial charge < -0.3 is 15.1 Å². The maximum absolute atomic E-state index is 12.4. The minimum atomic E-state index is -0.717. The highest BCUT2D eigenvalue weighted by atomic mass is 16.6. The van der Waals surface area contributed by atoms with Crippen molar-refractivity contribution in [1.29, 1.82) is 0 Å². The molecular weight excluding hydrogens is 386 g/mol. The van der Waals surface area contributed by atoms with E-state index in [1.54, 1.807) is 36.4 Å². The average molecular weight is 407 g/mol. The molecule has 0 aliphatic carbocycles. The van der Waals surface area contributed by atoms with Crippen LogP contribution >= 0.6 is 0 Å². The first kappa shape index (κ1) is 20.8. The van der Waals surface area contributed by atoms with Crippen LogP contribution in [-0.2, 0) is 5.41 Å². The molecule has 0 unspecified atom stereocenters. The van der Waals surface area contributed by atoms with Gasteiger partial charge in [0.1, 0.15) is 4.92 Å². The number of rotatable bonds is 5. The molecule has 0 saturated heterocycles. The third-order valence-corrected chi connectivity index (χ3v) is 4.41. The van der Waals surface area contributed by atoms with Crippen molar-refractivity contribution in [2.45, 2.75) is 26.2 Å². The van der Waals surface area contributed by atoms with Crippen LogP contribution in [0.15, 0.2) is 65.1 Å². The number of furan rings is 1. The van der Waals surface area contributed by atoms with Crippen LogP contribution in [0.1, 0.15) is 47.2 Å². The highest BCUT2D eigenvalue weighted by Gasteiger charge is 2.17. The Kier molecular flexibility index (Phi) is 5.68.